The van der Waals surface area contributed by atoms with Crippen molar-refractivity contribution in [1.82, 2.24) is 4.90 Å². The van der Waals surface area contributed by atoms with Gasteiger partial charge in [0.05, 0.1) is 17.7 Å². The molecule has 1 heterocycles. The van der Waals surface area contributed by atoms with Gasteiger partial charge in [-0.25, -0.2) is 4.39 Å². The first-order chi connectivity index (χ1) is 14.2. The van der Waals surface area contributed by atoms with E-state index < -0.39 is 23.5 Å². The van der Waals surface area contributed by atoms with Crippen LogP contribution in [0.3, 0.4) is 0 Å². The Balaban J connectivity index is 2.12. The van der Waals surface area contributed by atoms with Crippen molar-refractivity contribution in [2.24, 2.45) is 0 Å². The van der Waals surface area contributed by atoms with Gasteiger partial charge in [0.2, 0.25) is 0 Å². The number of rotatable bonds is 6. The highest BCUT2D eigenvalue weighted by Gasteiger charge is 2.45. The van der Waals surface area contributed by atoms with Crippen LogP contribution in [0.1, 0.15) is 49.9 Å². The number of Topliss-reactive ketones (excluding diaryl/α,β-unsaturated/α-hetero) is 1. The number of ketones is 1. The number of nitrogens with zero attached hydrogens (tertiary/aromatic N) is 1. The molecule has 158 valence electrons. The molecule has 2 aromatic carbocycles. The molecule has 0 saturated carbocycles. The minimum atomic E-state index is -0.740. The summed E-state index contributed by atoms with van der Waals surface area (Å²) in [6.45, 7) is 7.72. The first kappa shape index (κ1) is 21.6. The van der Waals surface area contributed by atoms with Crippen molar-refractivity contribution in [3.05, 3.63) is 70.5 Å². The fourth-order valence-electron chi connectivity index (χ4n) is 3.65. The maximum atomic E-state index is 13.7. The van der Waals surface area contributed by atoms with Crippen LogP contribution in [0.2, 0.25) is 0 Å². The van der Waals surface area contributed by atoms with Crippen molar-refractivity contribution >= 4 is 17.4 Å². The topological polar surface area (TPSA) is 66.8 Å². The van der Waals surface area contributed by atoms with Gasteiger partial charge in [-0.15, -0.1) is 0 Å². The van der Waals surface area contributed by atoms with Crippen LogP contribution in [0.15, 0.2) is 48.0 Å². The molecule has 30 heavy (non-hydrogen) atoms. The van der Waals surface area contributed by atoms with Gasteiger partial charge in [0.1, 0.15) is 17.3 Å². The van der Waals surface area contributed by atoms with Gasteiger partial charge in [-0.2, -0.15) is 0 Å². The maximum Gasteiger partial charge on any atom is 0.295 e. The second-order valence-corrected chi connectivity index (χ2v) is 7.69. The third-order valence-corrected chi connectivity index (χ3v) is 5.00. The molecule has 1 aliphatic heterocycles. The number of benzene rings is 2. The number of carbonyl (C=O) groups is 2. The zero-order valence-corrected chi connectivity index (χ0v) is 17.6. The first-order valence-corrected chi connectivity index (χ1v) is 10.1. The van der Waals surface area contributed by atoms with E-state index in [1.807, 2.05) is 20.8 Å². The van der Waals surface area contributed by atoms with Gasteiger partial charge in [0, 0.05) is 12.1 Å². The largest absolute Gasteiger partial charge is 0.507 e. The number of amides is 1. The van der Waals surface area contributed by atoms with Crippen LogP contribution in [0.25, 0.3) is 5.76 Å². The Hall–Kier alpha value is -3.15. The summed E-state index contributed by atoms with van der Waals surface area (Å²) in [5.41, 5.74) is 1.35. The lowest BCUT2D eigenvalue weighted by atomic mass is 9.94. The van der Waals surface area contributed by atoms with E-state index in [1.54, 1.807) is 31.2 Å². The zero-order chi connectivity index (χ0) is 22.0. The predicted octanol–water partition coefficient (Wildman–Crippen LogP) is 4.75. The number of likely N-dealkylation sites (tertiary alicyclic amines) is 1. The Bertz CT molecular complexity index is 995. The predicted molar refractivity (Wildman–Crippen MR) is 113 cm³/mol. The Labute approximate surface area is 175 Å². The third kappa shape index (κ3) is 4.08. The summed E-state index contributed by atoms with van der Waals surface area (Å²) in [7, 11) is 0. The quantitative estimate of drug-likeness (QED) is 0.423. The van der Waals surface area contributed by atoms with Gasteiger partial charge < -0.3 is 14.7 Å². The zero-order valence-electron chi connectivity index (χ0n) is 17.6. The van der Waals surface area contributed by atoms with E-state index in [1.165, 1.54) is 23.1 Å². The van der Waals surface area contributed by atoms with E-state index in [-0.39, 0.29) is 17.4 Å². The van der Waals surface area contributed by atoms with E-state index in [4.69, 9.17) is 4.74 Å². The minimum absolute atomic E-state index is 0.0111. The Morgan fingerprint density at radius 3 is 2.40 bits per heavy atom. The molecule has 3 rings (SSSR count). The summed E-state index contributed by atoms with van der Waals surface area (Å²) in [5.74, 6) is -1.42. The van der Waals surface area contributed by atoms with Crippen molar-refractivity contribution in [2.45, 2.75) is 46.3 Å². The lowest BCUT2D eigenvalue weighted by Crippen LogP contribution is -2.30. The van der Waals surface area contributed by atoms with Crippen LogP contribution in [-0.4, -0.2) is 34.3 Å². The lowest BCUT2D eigenvalue weighted by Gasteiger charge is -2.25. The second-order valence-electron chi connectivity index (χ2n) is 7.69. The number of ether oxygens (including phenoxy) is 1. The van der Waals surface area contributed by atoms with Crippen molar-refractivity contribution in [1.29, 1.82) is 0 Å². The number of hydrogen-bond donors (Lipinski definition) is 1. The van der Waals surface area contributed by atoms with Crippen LogP contribution < -0.4 is 4.74 Å². The molecule has 2 aromatic rings. The third-order valence-electron chi connectivity index (χ3n) is 5.00. The number of halogens is 1. The highest BCUT2D eigenvalue weighted by atomic mass is 19.1. The Morgan fingerprint density at radius 2 is 1.83 bits per heavy atom. The number of aryl methyl sites for hydroxylation is 1. The molecule has 1 amide bonds. The number of carbonyl (C=O) groups excluding carboxylic acids is 2. The molecule has 0 bridgehead atoms. The SMILES string of the molecule is CCCN1C(=O)C(=O)/C(=C(\O)c2ccc(F)c(C)c2)C1c1ccc(OC(C)C)cc1. The molecule has 6 heteroatoms. The van der Waals surface area contributed by atoms with Crippen molar-refractivity contribution in [3.63, 3.8) is 0 Å². The average molecular weight is 411 g/mol. The van der Waals surface area contributed by atoms with Crippen molar-refractivity contribution in [2.75, 3.05) is 6.54 Å². The second kappa shape index (κ2) is 8.69. The summed E-state index contributed by atoms with van der Waals surface area (Å²) in [5, 5.41) is 10.9. The Kier molecular flexibility index (Phi) is 6.25. The molecular formula is C24H26FNO4. The number of aliphatic hydroxyl groups excluding tert-OH is 1. The maximum absolute atomic E-state index is 13.7. The van der Waals surface area contributed by atoms with E-state index in [9.17, 15) is 19.1 Å². The molecule has 1 atom stereocenters. The molecule has 5 nitrogen and oxygen atoms in total. The molecule has 0 spiro atoms. The summed E-state index contributed by atoms with van der Waals surface area (Å²) in [6, 6.07) is 10.5. The van der Waals surface area contributed by atoms with Crippen LogP contribution in [0, 0.1) is 12.7 Å². The van der Waals surface area contributed by atoms with Crippen molar-refractivity contribution < 1.29 is 23.8 Å². The highest BCUT2D eigenvalue weighted by molar-refractivity contribution is 6.46. The van der Waals surface area contributed by atoms with Gasteiger partial charge in [-0.1, -0.05) is 19.1 Å². The molecule has 1 N–H and O–H groups in total. The highest BCUT2D eigenvalue weighted by Crippen LogP contribution is 2.40. The standard InChI is InChI=1S/C24H26FNO4/c1-5-12-26-21(16-6-9-18(10-7-16)30-14(2)3)20(23(28)24(26)29)22(27)17-8-11-19(25)15(4)13-17/h6-11,13-14,21,27H,5,12H2,1-4H3/b22-20-. The fraction of sp³-hybridized carbons (Fsp3) is 0.333. The summed E-state index contributed by atoms with van der Waals surface area (Å²) < 4.78 is 19.3. The molecule has 1 saturated heterocycles. The lowest BCUT2D eigenvalue weighted by molar-refractivity contribution is -0.139. The van der Waals surface area contributed by atoms with Gasteiger partial charge in [0.15, 0.2) is 0 Å². The van der Waals surface area contributed by atoms with Gasteiger partial charge in [-0.05, 0) is 68.7 Å². The molecular weight excluding hydrogens is 385 g/mol. The van der Waals surface area contributed by atoms with Crippen LogP contribution in [0.5, 0.6) is 5.75 Å². The van der Waals surface area contributed by atoms with Crippen LogP contribution >= 0.6 is 0 Å². The van der Waals surface area contributed by atoms with Crippen LogP contribution in [-0.2, 0) is 9.59 Å². The molecule has 1 unspecified atom stereocenters. The number of hydrogen-bond acceptors (Lipinski definition) is 4. The number of aliphatic hydroxyl groups is 1. The molecule has 0 aliphatic carbocycles. The average Bonchev–Trinajstić information content (AvgIpc) is 2.95. The summed E-state index contributed by atoms with van der Waals surface area (Å²) in [4.78, 5) is 27.0. The first-order valence-electron chi connectivity index (χ1n) is 10.1. The van der Waals surface area contributed by atoms with E-state index in [2.05, 4.69) is 0 Å². The molecule has 0 aromatic heterocycles. The summed E-state index contributed by atoms with van der Waals surface area (Å²) >= 11 is 0. The molecule has 1 fully saturated rings. The smallest absolute Gasteiger partial charge is 0.295 e. The van der Waals surface area contributed by atoms with Crippen molar-refractivity contribution in [3.8, 4) is 5.75 Å². The van der Waals surface area contributed by atoms with E-state index in [0.29, 0.717) is 35.4 Å². The van der Waals surface area contributed by atoms with E-state index >= 15 is 0 Å². The molecule has 0 radical (unpaired) electrons. The van der Waals surface area contributed by atoms with E-state index in [0.717, 1.165) is 0 Å². The van der Waals surface area contributed by atoms with Gasteiger partial charge in [-0.3, -0.25) is 9.59 Å². The fourth-order valence-corrected chi connectivity index (χ4v) is 3.65. The minimum Gasteiger partial charge on any atom is -0.507 e. The monoisotopic (exact) mass is 411 g/mol. The van der Waals surface area contributed by atoms with Gasteiger partial charge in [0.25, 0.3) is 11.7 Å². The van der Waals surface area contributed by atoms with Gasteiger partial charge >= 0.3 is 0 Å². The Morgan fingerprint density at radius 1 is 1.17 bits per heavy atom. The summed E-state index contributed by atoms with van der Waals surface area (Å²) in [6.07, 6.45) is 0.677. The molecule has 1 aliphatic rings. The van der Waals surface area contributed by atoms with Crippen LogP contribution in [0.4, 0.5) is 4.39 Å². The normalized spacial score (nSPS) is 18.3.